The van der Waals surface area contributed by atoms with Crippen LogP contribution in [0.25, 0.3) is 0 Å². The fraction of sp³-hybridized carbons (Fsp3) is 0.714. The first-order chi connectivity index (χ1) is 9.77. The Hall–Kier alpha value is -1.40. The molecule has 6 nitrogen and oxygen atoms in total. The van der Waals surface area contributed by atoms with Gasteiger partial charge in [-0.05, 0) is 25.7 Å². The molecule has 1 aromatic heterocycles. The van der Waals surface area contributed by atoms with Crippen LogP contribution in [0.5, 0.6) is 0 Å². The predicted octanol–water partition coefficient (Wildman–Crippen LogP) is 0.535. The van der Waals surface area contributed by atoms with Crippen molar-refractivity contribution in [2.45, 2.75) is 32.2 Å². The lowest BCUT2D eigenvalue weighted by molar-refractivity contribution is -0.135. The van der Waals surface area contributed by atoms with Crippen LogP contribution in [-0.4, -0.2) is 41.8 Å². The van der Waals surface area contributed by atoms with Gasteiger partial charge in [-0.25, -0.2) is 4.98 Å². The van der Waals surface area contributed by atoms with Crippen LogP contribution in [-0.2, 0) is 16.1 Å². The molecule has 2 rings (SSSR count). The quantitative estimate of drug-likeness (QED) is 0.714. The molecule has 20 heavy (non-hydrogen) atoms. The second kappa shape index (κ2) is 7.40. The van der Waals surface area contributed by atoms with E-state index in [4.69, 9.17) is 10.5 Å². The summed E-state index contributed by atoms with van der Waals surface area (Å²) in [6.45, 7) is 3.30. The van der Waals surface area contributed by atoms with Crippen LogP contribution in [0.4, 0.5) is 0 Å². The van der Waals surface area contributed by atoms with Gasteiger partial charge in [0.25, 0.3) is 0 Å². The molecule has 6 heteroatoms. The highest BCUT2D eigenvalue weighted by Crippen LogP contribution is 2.29. The number of ether oxygens (including phenoxy) is 1. The molecule has 0 aromatic carbocycles. The summed E-state index contributed by atoms with van der Waals surface area (Å²) >= 11 is 0. The topological polar surface area (TPSA) is 82.2 Å². The average molecular weight is 280 g/mol. The molecule has 0 unspecified atom stereocenters. The van der Waals surface area contributed by atoms with Gasteiger partial charge in [-0.15, -0.1) is 0 Å². The lowest BCUT2D eigenvalue weighted by Crippen LogP contribution is -2.49. The van der Waals surface area contributed by atoms with E-state index >= 15 is 0 Å². The van der Waals surface area contributed by atoms with E-state index in [2.05, 4.69) is 10.3 Å². The number of unbranched alkanes of at least 4 members (excludes halogenated alkanes) is 1. The predicted molar refractivity (Wildman–Crippen MR) is 76.0 cm³/mol. The monoisotopic (exact) mass is 280 g/mol. The standard InChI is InChI=1S/C14H24N4O2/c15-11-14(3-9-20-10-4-14)13(19)17-5-1-2-7-18-8-6-16-12-18/h6,8,12H,1-5,7,9-11,15H2,(H,17,19). The molecule has 1 aromatic rings. The van der Waals surface area contributed by atoms with Crippen molar-refractivity contribution in [1.82, 2.24) is 14.9 Å². The largest absolute Gasteiger partial charge is 0.381 e. The number of hydrogen-bond acceptors (Lipinski definition) is 4. The third kappa shape index (κ3) is 3.80. The zero-order chi connectivity index (χ0) is 14.3. The highest BCUT2D eigenvalue weighted by Gasteiger charge is 2.38. The van der Waals surface area contributed by atoms with Gasteiger partial charge in [-0.1, -0.05) is 0 Å². The number of imidazole rings is 1. The van der Waals surface area contributed by atoms with Crippen molar-refractivity contribution >= 4 is 5.91 Å². The third-order valence-corrected chi connectivity index (χ3v) is 4.01. The lowest BCUT2D eigenvalue weighted by Gasteiger charge is -2.34. The molecule has 0 atom stereocenters. The van der Waals surface area contributed by atoms with Crippen molar-refractivity contribution in [1.29, 1.82) is 0 Å². The van der Waals surface area contributed by atoms with Crippen LogP contribution < -0.4 is 11.1 Å². The summed E-state index contributed by atoms with van der Waals surface area (Å²) in [5.41, 5.74) is 5.39. The maximum Gasteiger partial charge on any atom is 0.227 e. The van der Waals surface area contributed by atoms with Crippen molar-refractivity contribution in [3.8, 4) is 0 Å². The highest BCUT2D eigenvalue weighted by molar-refractivity contribution is 5.83. The number of hydrogen-bond donors (Lipinski definition) is 2. The van der Waals surface area contributed by atoms with Crippen LogP contribution in [0.3, 0.4) is 0 Å². The number of aryl methyl sites for hydroxylation is 1. The Balaban J connectivity index is 1.66. The molecule has 3 N–H and O–H groups in total. The van der Waals surface area contributed by atoms with Gasteiger partial charge in [-0.2, -0.15) is 0 Å². The number of amides is 1. The van der Waals surface area contributed by atoms with Crippen molar-refractivity contribution in [3.05, 3.63) is 18.7 Å². The van der Waals surface area contributed by atoms with E-state index < -0.39 is 5.41 Å². The third-order valence-electron chi connectivity index (χ3n) is 4.01. The summed E-state index contributed by atoms with van der Waals surface area (Å²) in [6.07, 6.45) is 8.97. The van der Waals surface area contributed by atoms with Gasteiger partial charge in [0.2, 0.25) is 5.91 Å². The summed E-state index contributed by atoms with van der Waals surface area (Å²) in [6, 6.07) is 0. The summed E-state index contributed by atoms with van der Waals surface area (Å²) in [5, 5.41) is 3.02. The number of carbonyl (C=O) groups excluding carboxylic acids is 1. The first-order valence-corrected chi connectivity index (χ1v) is 7.29. The van der Waals surface area contributed by atoms with Gasteiger partial charge in [0.1, 0.15) is 0 Å². The minimum Gasteiger partial charge on any atom is -0.381 e. The van der Waals surface area contributed by atoms with Crippen LogP contribution in [0.15, 0.2) is 18.7 Å². The molecule has 0 aliphatic carbocycles. The van der Waals surface area contributed by atoms with Crippen LogP contribution >= 0.6 is 0 Å². The second-order valence-electron chi connectivity index (χ2n) is 5.36. The van der Waals surface area contributed by atoms with E-state index in [0.29, 0.717) is 26.3 Å². The van der Waals surface area contributed by atoms with Crippen molar-refractivity contribution in [2.24, 2.45) is 11.1 Å². The molecule has 1 saturated heterocycles. The Kier molecular flexibility index (Phi) is 5.55. The molecular weight excluding hydrogens is 256 g/mol. The SMILES string of the molecule is NCC1(C(=O)NCCCCn2ccnc2)CCOCC1. The fourth-order valence-corrected chi connectivity index (χ4v) is 2.51. The van der Waals surface area contributed by atoms with E-state index in [1.165, 1.54) is 0 Å². The zero-order valence-corrected chi connectivity index (χ0v) is 11.9. The smallest absolute Gasteiger partial charge is 0.227 e. The summed E-state index contributed by atoms with van der Waals surface area (Å²) in [4.78, 5) is 16.3. The Morgan fingerprint density at radius 3 is 2.85 bits per heavy atom. The number of nitrogens with zero attached hydrogens (tertiary/aromatic N) is 2. The molecule has 2 heterocycles. The maximum absolute atomic E-state index is 12.3. The van der Waals surface area contributed by atoms with Crippen molar-refractivity contribution < 1.29 is 9.53 Å². The molecule has 1 aliphatic rings. The highest BCUT2D eigenvalue weighted by atomic mass is 16.5. The van der Waals surface area contributed by atoms with Gasteiger partial charge in [0.15, 0.2) is 0 Å². The Morgan fingerprint density at radius 1 is 1.40 bits per heavy atom. The second-order valence-corrected chi connectivity index (χ2v) is 5.36. The molecule has 0 spiro atoms. The number of carbonyl (C=O) groups is 1. The molecule has 0 saturated carbocycles. The van der Waals surface area contributed by atoms with E-state index in [9.17, 15) is 4.79 Å². The van der Waals surface area contributed by atoms with E-state index in [1.54, 1.807) is 6.20 Å². The summed E-state index contributed by atoms with van der Waals surface area (Å²) in [5.74, 6) is 0.0888. The van der Waals surface area contributed by atoms with Gasteiger partial charge < -0.3 is 20.4 Å². The van der Waals surface area contributed by atoms with E-state index in [1.807, 2.05) is 17.1 Å². The van der Waals surface area contributed by atoms with Crippen LogP contribution in [0.2, 0.25) is 0 Å². The van der Waals surface area contributed by atoms with Gasteiger partial charge in [0.05, 0.1) is 11.7 Å². The minimum absolute atomic E-state index is 0.0888. The zero-order valence-electron chi connectivity index (χ0n) is 11.9. The first-order valence-electron chi connectivity index (χ1n) is 7.29. The van der Waals surface area contributed by atoms with Crippen LogP contribution in [0, 0.1) is 5.41 Å². The number of nitrogens with two attached hydrogens (primary N) is 1. The van der Waals surface area contributed by atoms with Crippen molar-refractivity contribution in [3.63, 3.8) is 0 Å². The van der Waals surface area contributed by atoms with Gasteiger partial charge in [0, 0.05) is 45.2 Å². The number of nitrogens with one attached hydrogen (secondary N) is 1. The molecule has 1 amide bonds. The Bertz CT molecular complexity index is 399. The first kappa shape index (κ1) is 15.0. The molecule has 1 aliphatic heterocycles. The molecule has 112 valence electrons. The molecule has 1 fully saturated rings. The molecule has 0 radical (unpaired) electrons. The van der Waals surface area contributed by atoms with E-state index in [0.717, 1.165) is 32.2 Å². The fourth-order valence-electron chi connectivity index (χ4n) is 2.51. The van der Waals surface area contributed by atoms with Crippen LogP contribution in [0.1, 0.15) is 25.7 Å². The molecule has 0 bridgehead atoms. The number of rotatable bonds is 7. The Labute approximate surface area is 119 Å². The minimum atomic E-state index is -0.414. The van der Waals surface area contributed by atoms with Gasteiger partial charge >= 0.3 is 0 Å². The molecular formula is C14H24N4O2. The number of aromatic nitrogens is 2. The maximum atomic E-state index is 12.3. The van der Waals surface area contributed by atoms with Crippen molar-refractivity contribution in [2.75, 3.05) is 26.3 Å². The van der Waals surface area contributed by atoms with Gasteiger partial charge in [-0.3, -0.25) is 4.79 Å². The normalized spacial score (nSPS) is 17.9. The average Bonchev–Trinajstić information content (AvgIpc) is 3.00. The van der Waals surface area contributed by atoms with E-state index in [-0.39, 0.29) is 5.91 Å². The Morgan fingerprint density at radius 2 is 2.20 bits per heavy atom. The lowest BCUT2D eigenvalue weighted by atomic mass is 9.79. The summed E-state index contributed by atoms with van der Waals surface area (Å²) in [7, 11) is 0. The summed E-state index contributed by atoms with van der Waals surface area (Å²) < 4.78 is 7.36.